The lowest BCUT2D eigenvalue weighted by Crippen LogP contribution is -2.51. The number of rotatable bonds is 4. The van der Waals surface area contributed by atoms with Crippen molar-refractivity contribution in [1.82, 2.24) is 14.6 Å². The third kappa shape index (κ3) is 4.06. The molecule has 2 saturated heterocycles. The number of piperidine rings is 1. The Balaban J connectivity index is 1.56. The van der Waals surface area contributed by atoms with Crippen molar-refractivity contribution < 1.29 is 13.2 Å². The number of hydrogen-bond donors (Lipinski definition) is 2. The summed E-state index contributed by atoms with van der Waals surface area (Å²) < 4.78 is 32.8. The van der Waals surface area contributed by atoms with E-state index in [2.05, 4.69) is 15.0 Å². The van der Waals surface area contributed by atoms with Crippen LogP contribution in [0.3, 0.4) is 0 Å². The number of halogens is 2. The number of ether oxygens (including phenoxy) is 1. The normalized spacial score (nSPS) is 22.7. The van der Waals surface area contributed by atoms with Crippen LogP contribution in [0.1, 0.15) is 19.8 Å². The summed E-state index contributed by atoms with van der Waals surface area (Å²) >= 11 is 13.7. The maximum absolute atomic E-state index is 12.7. The topological polar surface area (TPSA) is 129 Å². The number of primary sulfonamides is 1. The van der Waals surface area contributed by atoms with E-state index in [1.54, 1.807) is 28.8 Å². The highest BCUT2D eigenvalue weighted by Gasteiger charge is 2.47. The highest BCUT2D eigenvalue weighted by Crippen LogP contribution is 2.44. The van der Waals surface area contributed by atoms with Crippen molar-refractivity contribution in [2.45, 2.75) is 46.6 Å². The fourth-order valence-electron chi connectivity index (χ4n) is 4.78. The Bertz CT molecular complexity index is 1360. The second-order valence-corrected chi connectivity index (χ2v) is 12.1. The van der Waals surface area contributed by atoms with E-state index in [1.165, 1.54) is 6.33 Å². The molecule has 13 heteroatoms. The van der Waals surface area contributed by atoms with E-state index in [1.807, 2.05) is 6.92 Å². The van der Waals surface area contributed by atoms with Gasteiger partial charge in [0.2, 0.25) is 10.0 Å². The first-order valence-electron chi connectivity index (χ1n) is 10.7. The number of nitrogens with zero attached hydrogens (tertiary/aromatic N) is 4. The zero-order valence-electron chi connectivity index (χ0n) is 18.3. The highest BCUT2D eigenvalue weighted by atomic mass is 35.5. The average Bonchev–Trinajstić information content (AvgIpc) is 3.39. The molecule has 5 rings (SSSR count). The fourth-order valence-corrected chi connectivity index (χ4v) is 7.30. The molecule has 1 spiro atoms. The first-order valence-corrected chi connectivity index (χ1v) is 13.9. The molecule has 182 valence electrons. The van der Waals surface area contributed by atoms with E-state index in [4.69, 9.17) is 38.8 Å². The molecule has 34 heavy (non-hydrogen) atoms. The smallest absolute Gasteiger partial charge is 0.239 e. The maximum Gasteiger partial charge on any atom is 0.239 e. The molecule has 0 unspecified atom stereocenters. The van der Waals surface area contributed by atoms with Crippen molar-refractivity contribution in [3.05, 3.63) is 40.6 Å². The minimum Gasteiger partial charge on any atom is -0.376 e. The van der Waals surface area contributed by atoms with Crippen LogP contribution in [0.25, 0.3) is 5.65 Å². The number of aromatic nitrogens is 3. The molecule has 2 aliphatic rings. The third-order valence-electron chi connectivity index (χ3n) is 6.82. The summed E-state index contributed by atoms with van der Waals surface area (Å²) in [5.74, 6) is 0.605. The van der Waals surface area contributed by atoms with Crippen LogP contribution < -0.4 is 15.8 Å². The SMILES string of the molecule is C[C@@H]1OCC2(CCN(c3cc(S(N)(=O)=O)c(Sc4cccc(Cl)c4Cl)c4ncnn34)CC2)[C@@H]1N. The predicted molar refractivity (Wildman–Crippen MR) is 132 cm³/mol. The van der Waals surface area contributed by atoms with Gasteiger partial charge in [0.05, 0.1) is 27.7 Å². The molecule has 2 fully saturated rings. The summed E-state index contributed by atoms with van der Waals surface area (Å²) in [6.45, 7) is 4.00. The van der Waals surface area contributed by atoms with Crippen LogP contribution in [-0.2, 0) is 14.8 Å². The predicted octanol–water partition coefficient (Wildman–Crippen LogP) is 3.17. The molecule has 9 nitrogen and oxygen atoms in total. The zero-order chi connectivity index (χ0) is 24.3. The summed E-state index contributed by atoms with van der Waals surface area (Å²) in [5, 5.41) is 10.7. The Morgan fingerprint density at radius 2 is 2.00 bits per heavy atom. The van der Waals surface area contributed by atoms with Gasteiger partial charge in [-0.1, -0.05) is 41.0 Å². The molecule has 0 radical (unpaired) electrons. The number of hydrogen-bond acceptors (Lipinski definition) is 8. The van der Waals surface area contributed by atoms with Gasteiger partial charge in [-0.05, 0) is 31.9 Å². The molecule has 0 amide bonds. The van der Waals surface area contributed by atoms with E-state index < -0.39 is 10.0 Å². The van der Waals surface area contributed by atoms with Crippen LogP contribution in [0.5, 0.6) is 0 Å². The summed E-state index contributed by atoms with van der Waals surface area (Å²) in [6, 6.07) is 6.69. The van der Waals surface area contributed by atoms with Gasteiger partial charge in [-0.3, -0.25) is 0 Å². The Hall–Kier alpha value is -1.60. The maximum atomic E-state index is 12.7. The summed E-state index contributed by atoms with van der Waals surface area (Å²) in [7, 11) is -4.09. The number of sulfonamides is 1. The Morgan fingerprint density at radius 1 is 1.26 bits per heavy atom. The number of fused-ring (bicyclic) bond motifs is 1. The van der Waals surface area contributed by atoms with Gasteiger partial charge < -0.3 is 15.4 Å². The molecular formula is C21H24Cl2N6O3S2. The van der Waals surface area contributed by atoms with Gasteiger partial charge in [-0.25, -0.2) is 18.5 Å². The van der Waals surface area contributed by atoms with E-state index in [9.17, 15) is 8.42 Å². The summed E-state index contributed by atoms with van der Waals surface area (Å²) in [5.41, 5.74) is 6.76. The van der Waals surface area contributed by atoms with Gasteiger partial charge in [0.15, 0.2) is 5.65 Å². The second-order valence-electron chi connectivity index (χ2n) is 8.78. The fraction of sp³-hybridized carbons (Fsp3) is 0.429. The Labute approximate surface area is 211 Å². The molecule has 2 atom stereocenters. The van der Waals surface area contributed by atoms with Crippen LogP contribution in [0.4, 0.5) is 5.82 Å². The van der Waals surface area contributed by atoms with Crippen molar-refractivity contribution in [2.75, 3.05) is 24.6 Å². The highest BCUT2D eigenvalue weighted by molar-refractivity contribution is 8.00. The van der Waals surface area contributed by atoms with Crippen LogP contribution in [-0.4, -0.2) is 54.9 Å². The van der Waals surface area contributed by atoms with E-state index >= 15 is 0 Å². The number of anilines is 1. The van der Waals surface area contributed by atoms with E-state index in [-0.39, 0.29) is 22.5 Å². The molecule has 0 aliphatic carbocycles. The van der Waals surface area contributed by atoms with Gasteiger partial charge in [0.25, 0.3) is 0 Å². The monoisotopic (exact) mass is 542 g/mol. The van der Waals surface area contributed by atoms with Crippen molar-refractivity contribution in [3.63, 3.8) is 0 Å². The molecular weight excluding hydrogens is 519 g/mol. The van der Waals surface area contributed by atoms with Crippen molar-refractivity contribution in [2.24, 2.45) is 16.3 Å². The first kappa shape index (κ1) is 24.1. The second kappa shape index (κ2) is 8.81. The number of benzene rings is 1. The van der Waals surface area contributed by atoms with Gasteiger partial charge in [-0.2, -0.15) is 9.61 Å². The first-order chi connectivity index (χ1) is 16.1. The lowest BCUT2D eigenvalue weighted by molar-refractivity contribution is 0.0974. The van der Waals surface area contributed by atoms with Crippen molar-refractivity contribution in [1.29, 1.82) is 0 Å². The van der Waals surface area contributed by atoms with Crippen LogP contribution >= 0.6 is 35.0 Å². The largest absolute Gasteiger partial charge is 0.376 e. The van der Waals surface area contributed by atoms with E-state index in [0.29, 0.717) is 51.0 Å². The Kier molecular flexibility index (Phi) is 6.25. The molecule has 0 saturated carbocycles. The minimum absolute atomic E-state index is 0.0252. The standard InChI is InChI=1S/C21H24Cl2N6O3S2/c1-12-19(24)21(10-32-12)5-7-28(8-6-21)16-9-15(34(25,30)31)18(20-26-11-27-29(16)20)33-14-4-2-3-13(22)17(14)23/h2-4,9,11-12,19H,5-8,10,24H2,1H3,(H2,25,30,31)/t12-,19+/m0/s1. The number of nitrogens with two attached hydrogens (primary N) is 2. The molecule has 2 aliphatic heterocycles. The van der Waals surface area contributed by atoms with E-state index in [0.717, 1.165) is 24.6 Å². The summed E-state index contributed by atoms with van der Waals surface area (Å²) in [4.78, 5) is 7.33. The lowest BCUT2D eigenvalue weighted by atomic mass is 9.73. The average molecular weight is 544 g/mol. The van der Waals surface area contributed by atoms with Gasteiger partial charge in [0.1, 0.15) is 17.0 Å². The van der Waals surface area contributed by atoms with Gasteiger partial charge in [0, 0.05) is 35.5 Å². The third-order valence-corrected chi connectivity index (χ3v) is 9.98. The zero-order valence-corrected chi connectivity index (χ0v) is 21.5. The van der Waals surface area contributed by atoms with Crippen molar-refractivity contribution in [3.8, 4) is 0 Å². The van der Waals surface area contributed by atoms with Gasteiger partial charge in [-0.15, -0.1) is 0 Å². The quantitative estimate of drug-likeness (QED) is 0.514. The van der Waals surface area contributed by atoms with Crippen LogP contribution in [0.15, 0.2) is 45.3 Å². The van der Waals surface area contributed by atoms with Crippen LogP contribution in [0.2, 0.25) is 10.0 Å². The number of pyridine rings is 1. The molecule has 0 bridgehead atoms. The summed E-state index contributed by atoms with van der Waals surface area (Å²) in [6.07, 6.45) is 3.07. The molecule has 2 aromatic heterocycles. The molecule has 3 aromatic rings. The van der Waals surface area contributed by atoms with Crippen LogP contribution in [0, 0.1) is 5.41 Å². The van der Waals surface area contributed by atoms with Gasteiger partial charge >= 0.3 is 0 Å². The minimum atomic E-state index is -4.09. The molecule has 4 heterocycles. The molecule has 1 aromatic carbocycles. The lowest BCUT2D eigenvalue weighted by Gasteiger charge is -2.42. The molecule has 4 N–H and O–H groups in total. The Morgan fingerprint density at radius 3 is 2.65 bits per heavy atom. The van der Waals surface area contributed by atoms with Crippen molar-refractivity contribution >= 4 is 56.5 Å².